The van der Waals surface area contributed by atoms with Gasteiger partial charge < -0.3 is 20.1 Å². The van der Waals surface area contributed by atoms with E-state index in [0.717, 1.165) is 77.3 Å². The van der Waals surface area contributed by atoms with Crippen molar-refractivity contribution in [3.8, 4) is 0 Å². The van der Waals surface area contributed by atoms with Crippen molar-refractivity contribution >= 4 is 29.9 Å². The van der Waals surface area contributed by atoms with Crippen LogP contribution in [0.1, 0.15) is 58.8 Å². The fraction of sp³-hybridized carbons (Fsp3) is 0.950. The van der Waals surface area contributed by atoms with E-state index in [1.807, 2.05) is 0 Å². The van der Waals surface area contributed by atoms with Gasteiger partial charge in [-0.1, -0.05) is 13.3 Å². The Balaban J connectivity index is 0.00000364. The Labute approximate surface area is 183 Å². The maximum Gasteiger partial charge on any atom is 0.191 e. The van der Waals surface area contributed by atoms with Crippen LogP contribution in [0.15, 0.2) is 4.99 Å². The Bertz CT molecular complexity index is 392. The predicted octanol–water partition coefficient (Wildman–Crippen LogP) is 3.01. The summed E-state index contributed by atoms with van der Waals surface area (Å²) in [6, 6.07) is 0.771. The van der Waals surface area contributed by atoms with Gasteiger partial charge >= 0.3 is 0 Å². The van der Waals surface area contributed by atoms with E-state index in [1.165, 1.54) is 32.2 Å². The van der Waals surface area contributed by atoms with Gasteiger partial charge in [-0.3, -0.25) is 9.89 Å². The third kappa shape index (κ3) is 10.3. The van der Waals surface area contributed by atoms with E-state index in [-0.39, 0.29) is 24.0 Å². The molecule has 0 aliphatic carbocycles. The second-order valence-corrected chi connectivity index (χ2v) is 7.32. The molecule has 2 rings (SSSR count). The Morgan fingerprint density at radius 1 is 1.15 bits per heavy atom. The number of aliphatic imine (C=N–C) groups is 1. The monoisotopic (exact) mass is 496 g/mol. The molecule has 2 aliphatic rings. The SMILES string of the molecule is CCNC(=NCCCOC1CCOCC1)NCCN1CCCCC1CC.I. The lowest BCUT2D eigenvalue weighted by Gasteiger charge is -2.35. The van der Waals surface area contributed by atoms with E-state index >= 15 is 0 Å². The van der Waals surface area contributed by atoms with Crippen LogP contribution in [0.25, 0.3) is 0 Å². The van der Waals surface area contributed by atoms with Gasteiger partial charge in [-0.05, 0) is 52.0 Å². The molecule has 1 unspecified atom stereocenters. The van der Waals surface area contributed by atoms with Gasteiger partial charge in [0.05, 0.1) is 6.10 Å². The van der Waals surface area contributed by atoms with Crippen molar-refractivity contribution < 1.29 is 9.47 Å². The van der Waals surface area contributed by atoms with Crippen LogP contribution in [0, 0.1) is 0 Å². The lowest BCUT2D eigenvalue weighted by atomic mass is 10.0. The van der Waals surface area contributed by atoms with Crippen LogP contribution in [0.5, 0.6) is 0 Å². The molecular weight excluding hydrogens is 455 g/mol. The molecule has 2 heterocycles. The molecule has 2 saturated heterocycles. The minimum atomic E-state index is 0. The van der Waals surface area contributed by atoms with Gasteiger partial charge in [-0.15, -0.1) is 24.0 Å². The Morgan fingerprint density at radius 2 is 1.96 bits per heavy atom. The van der Waals surface area contributed by atoms with Crippen LogP contribution in [-0.2, 0) is 9.47 Å². The number of nitrogens with zero attached hydrogens (tertiary/aromatic N) is 2. The summed E-state index contributed by atoms with van der Waals surface area (Å²) < 4.78 is 11.3. The van der Waals surface area contributed by atoms with Crippen LogP contribution in [0.4, 0.5) is 0 Å². The standard InChI is InChI=1S/C20H40N4O2.HI/c1-3-18-8-5-6-13-24(18)14-12-23-20(21-4-2)22-11-7-15-26-19-9-16-25-17-10-19;/h18-19H,3-17H2,1-2H3,(H2,21,22,23);1H. The Hall–Kier alpha value is -0.120. The van der Waals surface area contributed by atoms with Crippen molar-refractivity contribution in [1.29, 1.82) is 0 Å². The molecule has 0 aromatic carbocycles. The highest BCUT2D eigenvalue weighted by atomic mass is 127. The first-order valence-corrected chi connectivity index (χ1v) is 10.8. The second kappa shape index (κ2) is 15.8. The number of nitrogens with one attached hydrogen (secondary N) is 2. The minimum absolute atomic E-state index is 0. The number of guanidine groups is 1. The number of likely N-dealkylation sites (tertiary alicyclic amines) is 1. The third-order valence-electron chi connectivity index (χ3n) is 5.35. The fourth-order valence-corrected chi connectivity index (χ4v) is 3.82. The van der Waals surface area contributed by atoms with Crippen molar-refractivity contribution in [3.05, 3.63) is 0 Å². The molecule has 2 N–H and O–H groups in total. The molecule has 0 radical (unpaired) electrons. The fourth-order valence-electron chi connectivity index (χ4n) is 3.82. The molecule has 160 valence electrons. The van der Waals surface area contributed by atoms with Gasteiger partial charge in [-0.2, -0.15) is 0 Å². The first kappa shape index (κ1) is 24.9. The molecule has 0 amide bonds. The van der Waals surface area contributed by atoms with Crippen LogP contribution < -0.4 is 10.6 Å². The highest BCUT2D eigenvalue weighted by molar-refractivity contribution is 14.0. The van der Waals surface area contributed by atoms with Crippen molar-refractivity contribution in [2.45, 2.75) is 70.9 Å². The lowest BCUT2D eigenvalue weighted by molar-refractivity contribution is -0.0318. The van der Waals surface area contributed by atoms with Gasteiger partial charge in [0, 0.05) is 52.0 Å². The number of hydrogen-bond acceptors (Lipinski definition) is 4. The highest BCUT2D eigenvalue weighted by Gasteiger charge is 2.20. The van der Waals surface area contributed by atoms with Gasteiger partial charge in [0.2, 0.25) is 0 Å². The molecule has 6 nitrogen and oxygen atoms in total. The summed E-state index contributed by atoms with van der Waals surface area (Å²) >= 11 is 0. The topological polar surface area (TPSA) is 58.1 Å². The van der Waals surface area contributed by atoms with E-state index in [2.05, 4.69) is 34.4 Å². The largest absolute Gasteiger partial charge is 0.381 e. The Morgan fingerprint density at radius 3 is 2.70 bits per heavy atom. The zero-order valence-electron chi connectivity index (χ0n) is 17.4. The van der Waals surface area contributed by atoms with E-state index in [4.69, 9.17) is 9.47 Å². The summed E-state index contributed by atoms with van der Waals surface area (Å²) in [6.45, 7) is 11.9. The maximum atomic E-state index is 5.91. The summed E-state index contributed by atoms with van der Waals surface area (Å²) in [5, 5.41) is 6.84. The van der Waals surface area contributed by atoms with Gasteiger partial charge in [0.25, 0.3) is 0 Å². The number of hydrogen-bond donors (Lipinski definition) is 2. The summed E-state index contributed by atoms with van der Waals surface area (Å²) in [4.78, 5) is 7.33. The van der Waals surface area contributed by atoms with Crippen LogP contribution in [0.2, 0.25) is 0 Å². The van der Waals surface area contributed by atoms with Gasteiger partial charge in [0.15, 0.2) is 5.96 Å². The third-order valence-corrected chi connectivity index (χ3v) is 5.35. The normalized spacial score (nSPS) is 22.3. The quantitative estimate of drug-likeness (QED) is 0.211. The van der Waals surface area contributed by atoms with Crippen molar-refractivity contribution in [1.82, 2.24) is 15.5 Å². The van der Waals surface area contributed by atoms with E-state index in [0.29, 0.717) is 6.10 Å². The molecular formula is C20H41IN4O2. The molecule has 7 heteroatoms. The minimum Gasteiger partial charge on any atom is -0.381 e. The summed E-state index contributed by atoms with van der Waals surface area (Å²) in [6.07, 6.45) is 8.78. The number of piperidine rings is 1. The number of halogens is 1. The highest BCUT2D eigenvalue weighted by Crippen LogP contribution is 2.18. The maximum absolute atomic E-state index is 5.91. The number of rotatable bonds is 10. The average Bonchev–Trinajstić information content (AvgIpc) is 2.69. The van der Waals surface area contributed by atoms with Crippen molar-refractivity contribution in [2.75, 3.05) is 52.5 Å². The molecule has 0 bridgehead atoms. The first-order valence-electron chi connectivity index (χ1n) is 10.8. The predicted molar refractivity (Wildman–Crippen MR) is 123 cm³/mol. The Kier molecular flexibility index (Phi) is 14.5. The molecule has 0 spiro atoms. The summed E-state index contributed by atoms with van der Waals surface area (Å²) in [5.41, 5.74) is 0. The average molecular weight is 496 g/mol. The second-order valence-electron chi connectivity index (χ2n) is 7.32. The van der Waals surface area contributed by atoms with E-state index in [1.54, 1.807) is 0 Å². The molecule has 0 aromatic heterocycles. The van der Waals surface area contributed by atoms with Gasteiger partial charge in [-0.25, -0.2) is 0 Å². The number of ether oxygens (including phenoxy) is 2. The van der Waals surface area contributed by atoms with Gasteiger partial charge in [0.1, 0.15) is 0 Å². The smallest absolute Gasteiger partial charge is 0.191 e. The molecule has 1 atom stereocenters. The van der Waals surface area contributed by atoms with Crippen LogP contribution in [-0.4, -0.2) is 75.5 Å². The van der Waals surface area contributed by atoms with Crippen molar-refractivity contribution in [2.24, 2.45) is 4.99 Å². The van der Waals surface area contributed by atoms with E-state index in [9.17, 15) is 0 Å². The summed E-state index contributed by atoms with van der Waals surface area (Å²) in [5.74, 6) is 0.934. The zero-order chi connectivity index (χ0) is 18.5. The zero-order valence-corrected chi connectivity index (χ0v) is 19.7. The molecule has 27 heavy (non-hydrogen) atoms. The summed E-state index contributed by atoms with van der Waals surface area (Å²) in [7, 11) is 0. The molecule has 2 aliphatic heterocycles. The first-order chi connectivity index (χ1) is 12.8. The van der Waals surface area contributed by atoms with Crippen LogP contribution in [0.3, 0.4) is 0 Å². The van der Waals surface area contributed by atoms with E-state index < -0.39 is 0 Å². The lowest BCUT2D eigenvalue weighted by Crippen LogP contribution is -2.46. The van der Waals surface area contributed by atoms with Crippen molar-refractivity contribution in [3.63, 3.8) is 0 Å². The molecule has 2 fully saturated rings. The molecule has 0 aromatic rings. The van der Waals surface area contributed by atoms with Crippen LogP contribution >= 0.6 is 24.0 Å². The molecule has 0 saturated carbocycles.